The van der Waals surface area contributed by atoms with E-state index in [1.807, 2.05) is 13.8 Å². The minimum Gasteiger partial charge on any atom is -0.484 e. The molecule has 0 atom stereocenters. The van der Waals surface area contributed by atoms with Gasteiger partial charge in [-0.1, -0.05) is 29.8 Å². The molecular formula is C20H18ClNO4. The first-order chi connectivity index (χ1) is 12.3. The number of para-hydroxylation sites is 1. The maximum Gasteiger partial charge on any atom is 0.338 e. The standard InChI is InChI=1S/C20H18ClNO4/c1-11-8-14(9-12(2)19(11)21)26-10-17(23)22-13(3)18(20(24)25)15-6-4-5-7-16(15)22/h4-9H,10H2,1-3H3,(H,24,25). The molecule has 1 aromatic heterocycles. The van der Waals surface area contributed by atoms with E-state index < -0.39 is 5.97 Å². The Morgan fingerprint density at radius 1 is 1.12 bits per heavy atom. The smallest absolute Gasteiger partial charge is 0.338 e. The van der Waals surface area contributed by atoms with Crippen LogP contribution in [0, 0.1) is 20.8 Å². The third-order valence-corrected chi connectivity index (χ3v) is 4.94. The topological polar surface area (TPSA) is 68.5 Å². The highest BCUT2D eigenvalue weighted by molar-refractivity contribution is 6.32. The molecule has 2 aromatic carbocycles. The zero-order chi connectivity index (χ0) is 19.0. The van der Waals surface area contributed by atoms with Crippen molar-refractivity contribution < 1.29 is 19.4 Å². The Balaban J connectivity index is 1.94. The van der Waals surface area contributed by atoms with Crippen LogP contribution in [0.3, 0.4) is 0 Å². The SMILES string of the molecule is Cc1cc(OCC(=O)n2c(C)c(C(=O)O)c3ccccc32)cc(C)c1Cl. The van der Waals surface area contributed by atoms with Crippen molar-refractivity contribution in [2.24, 2.45) is 0 Å². The van der Waals surface area contributed by atoms with Gasteiger partial charge >= 0.3 is 5.97 Å². The van der Waals surface area contributed by atoms with Gasteiger partial charge in [0.15, 0.2) is 6.61 Å². The van der Waals surface area contributed by atoms with Crippen LogP contribution >= 0.6 is 11.6 Å². The van der Waals surface area contributed by atoms with Gasteiger partial charge in [-0.05, 0) is 50.1 Å². The molecular weight excluding hydrogens is 354 g/mol. The van der Waals surface area contributed by atoms with Crippen molar-refractivity contribution in [3.05, 3.63) is 63.8 Å². The van der Waals surface area contributed by atoms with E-state index in [4.69, 9.17) is 16.3 Å². The first-order valence-corrected chi connectivity index (χ1v) is 8.45. The fourth-order valence-corrected chi connectivity index (χ4v) is 3.27. The lowest BCUT2D eigenvalue weighted by Gasteiger charge is -2.11. The van der Waals surface area contributed by atoms with Gasteiger partial charge in [-0.25, -0.2) is 4.79 Å². The number of carboxylic acids is 1. The first kappa shape index (κ1) is 18.0. The Labute approximate surface area is 155 Å². The summed E-state index contributed by atoms with van der Waals surface area (Å²) in [5.41, 5.74) is 2.80. The number of benzene rings is 2. The molecule has 0 amide bonds. The van der Waals surface area contributed by atoms with Gasteiger partial charge in [-0.2, -0.15) is 0 Å². The van der Waals surface area contributed by atoms with Crippen LogP contribution in [0.1, 0.15) is 32.0 Å². The van der Waals surface area contributed by atoms with Gasteiger partial charge in [0.25, 0.3) is 5.91 Å². The van der Waals surface area contributed by atoms with Gasteiger partial charge in [0.05, 0.1) is 11.1 Å². The predicted octanol–water partition coefficient (Wildman–Crippen LogP) is 4.64. The zero-order valence-electron chi connectivity index (χ0n) is 14.7. The number of aryl methyl sites for hydroxylation is 2. The Morgan fingerprint density at radius 2 is 1.73 bits per heavy atom. The molecule has 0 unspecified atom stereocenters. The van der Waals surface area contributed by atoms with Crippen molar-refractivity contribution in [2.45, 2.75) is 20.8 Å². The first-order valence-electron chi connectivity index (χ1n) is 8.07. The molecule has 0 spiro atoms. The molecule has 0 saturated heterocycles. The van der Waals surface area contributed by atoms with E-state index in [0.29, 0.717) is 27.4 Å². The summed E-state index contributed by atoms with van der Waals surface area (Å²) in [6.45, 7) is 5.15. The Kier molecular flexibility index (Phi) is 4.74. The Bertz CT molecular complexity index is 1010. The number of rotatable bonds is 4. The number of hydrogen-bond donors (Lipinski definition) is 1. The molecule has 6 heteroatoms. The van der Waals surface area contributed by atoms with Gasteiger partial charge in [0.2, 0.25) is 0 Å². The molecule has 1 heterocycles. The quantitative estimate of drug-likeness (QED) is 0.725. The van der Waals surface area contributed by atoms with Gasteiger partial charge < -0.3 is 9.84 Å². The van der Waals surface area contributed by atoms with Gasteiger partial charge in [0, 0.05) is 16.1 Å². The number of nitrogens with zero attached hydrogens (tertiary/aromatic N) is 1. The maximum absolute atomic E-state index is 12.7. The summed E-state index contributed by atoms with van der Waals surface area (Å²) in [6, 6.07) is 10.5. The third kappa shape index (κ3) is 3.06. The van der Waals surface area contributed by atoms with E-state index in [0.717, 1.165) is 11.1 Å². The van der Waals surface area contributed by atoms with Crippen LogP contribution in [0.5, 0.6) is 5.75 Å². The summed E-state index contributed by atoms with van der Waals surface area (Å²) < 4.78 is 7.03. The highest BCUT2D eigenvalue weighted by atomic mass is 35.5. The molecule has 0 radical (unpaired) electrons. The summed E-state index contributed by atoms with van der Waals surface area (Å²) in [5.74, 6) is -0.850. The summed E-state index contributed by atoms with van der Waals surface area (Å²) >= 11 is 6.14. The molecule has 0 aliphatic carbocycles. The molecule has 0 bridgehead atoms. The van der Waals surface area contributed by atoms with Gasteiger partial charge in [-0.3, -0.25) is 9.36 Å². The van der Waals surface area contributed by atoms with Crippen LogP contribution in [-0.4, -0.2) is 28.2 Å². The van der Waals surface area contributed by atoms with Crippen molar-refractivity contribution in [3.63, 3.8) is 0 Å². The van der Waals surface area contributed by atoms with Crippen molar-refractivity contribution in [2.75, 3.05) is 6.61 Å². The number of carbonyl (C=O) groups excluding carboxylic acids is 1. The highest BCUT2D eigenvalue weighted by Gasteiger charge is 2.22. The van der Waals surface area contributed by atoms with Crippen LogP contribution in [0.4, 0.5) is 0 Å². The van der Waals surface area contributed by atoms with E-state index in [1.165, 1.54) is 4.57 Å². The number of hydrogen-bond acceptors (Lipinski definition) is 3. The number of ether oxygens (including phenoxy) is 1. The second kappa shape index (κ2) is 6.84. The van der Waals surface area contributed by atoms with Crippen molar-refractivity contribution in [3.8, 4) is 5.75 Å². The molecule has 0 saturated carbocycles. The molecule has 3 rings (SSSR count). The maximum atomic E-state index is 12.7. The second-order valence-electron chi connectivity index (χ2n) is 6.17. The highest BCUT2D eigenvalue weighted by Crippen LogP contribution is 2.27. The summed E-state index contributed by atoms with van der Waals surface area (Å²) in [6.07, 6.45) is 0. The molecule has 5 nitrogen and oxygen atoms in total. The summed E-state index contributed by atoms with van der Waals surface area (Å²) in [4.78, 5) is 24.3. The van der Waals surface area contributed by atoms with E-state index in [-0.39, 0.29) is 18.1 Å². The van der Waals surface area contributed by atoms with Gasteiger partial charge in [0.1, 0.15) is 5.75 Å². The number of aromatic carboxylic acids is 1. The third-order valence-electron chi connectivity index (χ3n) is 4.35. The van der Waals surface area contributed by atoms with E-state index in [2.05, 4.69) is 0 Å². The molecule has 0 aliphatic heterocycles. The predicted molar refractivity (Wildman–Crippen MR) is 101 cm³/mol. The number of halogens is 1. The second-order valence-corrected chi connectivity index (χ2v) is 6.55. The summed E-state index contributed by atoms with van der Waals surface area (Å²) in [7, 11) is 0. The molecule has 134 valence electrons. The normalized spacial score (nSPS) is 10.9. The van der Waals surface area contributed by atoms with Crippen molar-refractivity contribution in [1.29, 1.82) is 0 Å². The van der Waals surface area contributed by atoms with Crippen molar-refractivity contribution >= 4 is 34.4 Å². The van der Waals surface area contributed by atoms with E-state index in [1.54, 1.807) is 43.3 Å². The monoisotopic (exact) mass is 371 g/mol. The molecule has 0 fully saturated rings. The minimum atomic E-state index is -1.06. The van der Waals surface area contributed by atoms with Gasteiger partial charge in [-0.15, -0.1) is 0 Å². The summed E-state index contributed by atoms with van der Waals surface area (Å²) in [5, 5.41) is 10.7. The number of carbonyl (C=O) groups is 2. The largest absolute Gasteiger partial charge is 0.484 e. The lowest BCUT2D eigenvalue weighted by Crippen LogP contribution is -2.20. The number of carboxylic acid groups (broad SMARTS) is 1. The van der Waals surface area contributed by atoms with Crippen LogP contribution in [-0.2, 0) is 0 Å². The van der Waals surface area contributed by atoms with E-state index >= 15 is 0 Å². The molecule has 0 aliphatic rings. The molecule has 1 N–H and O–H groups in total. The fraction of sp³-hybridized carbons (Fsp3) is 0.200. The number of fused-ring (bicyclic) bond motifs is 1. The van der Waals surface area contributed by atoms with Crippen LogP contribution in [0.25, 0.3) is 10.9 Å². The molecule has 26 heavy (non-hydrogen) atoms. The minimum absolute atomic E-state index is 0.132. The average molecular weight is 372 g/mol. The lowest BCUT2D eigenvalue weighted by atomic mass is 10.1. The average Bonchev–Trinajstić information content (AvgIpc) is 2.89. The van der Waals surface area contributed by atoms with Crippen LogP contribution in [0.2, 0.25) is 5.02 Å². The van der Waals surface area contributed by atoms with Crippen LogP contribution < -0.4 is 4.74 Å². The Morgan fingerprint density at radius 3 is 2.35 bits per heavy atom. The number of aromatic nitrogens is 1. The fourth-order valence-electron chi connectivity index (χ4n) is 3.16. The van der Waals surface area contributed by atoms with Crippen LogP contribution in [0.15, 0.2) is 36.4 Å². The lowest BCUT2D eigenvalue weighted by molar-refractivity contribution is 0.0698. The molecule has 3 aromatic rings. The Hall–Kier alpha value is -2.79. The van der Waals surface area contributed by atoms with E-state index in [9.17, 15) is 14.7 Å². The van der Waals surface area contributed by atoms with Crippen molar-refractivity contribution in [1.82, 2.24) is 4.57 Å². The zero-order valence-corrected chi connectivity index (χ0v) is 15.4.